The second-order valence-corrected chi connectivity index (χ2v) is 5.23. The van der Waals surface area contributed by atoms with E-state index in [1.165, 1.54) is 10.8 Å². The maximum atomic E-state index is 11.3. The zero-order valence-corrected chi connectivity index (χ0v) is 12.5. The summed E-state index contributed by atoms with van der Waals surface area (Å²) < 4.78 is 5.30. The van der Waals surface area contributed by atoms with E-state index in [2.05, 4.69) is 45.8 Å². The Bertz CT molecular complexity index is 810. The van der Waals surface area contributed by atoms with Gasteiger partial charge in [-0.1, -0.05) is 47.6 Å². The van der Waals surface area contributed by atoms with Crippen molar-refractivity contribution in [3.63, 3.8) is 0 Å². The highest BCUT2D eigenvalue weighted by Gasteiger charge is 2.17. The van der Waals surface area contributed by atoms with Gasteiger partial charge >= 0.3 is 0 Å². The van der Waals surface area contributed by atoms with E-state index in [1.54, 1.807) is 7.05 Å². The molecule has 1 heterocycles. The summed E-state index contributed by atoms with van der Waals surface area (Å²) in [6.45, 7) is 2.02. The highest BCUT2D eigenvalue weighted by molar-refractivity contribution is 5.83. The first-order valence-corrected chi connectivity index (χ1v) is 7.19. The molecule has 0 bridgehead atoms. The van der Waals surface area contributed by atoms with Gasteiger partial charge in [0.2, 0.25) is 11.8 Å². The van der Waals surface area contributed by atoms with Gasteiger partial charge in [0.1, 0.15) is 0 Å². The normalized spacial score (nSPS) is 12.3. The van der Waals surface area contributed by atoms with Crippen LogP contribution in [0.2, 0.25) is 0 Å². The molecule has 0 spiro atoms. The lowest BCUT2D eigenvalue weighted by Crippen LogP contribution is -2.20. The highest BCUT2D eigenvalue weighted by Crippen LogP contribution is 2.26. The van der Waals surface area contributed by atoms with Gasteiger partial charge < -0.3 is 9.84 Å². The number of hydrogen-bond donors (Lipinski definition) is 1. The number of hydrogen-bond acceptors (Lipinski definition) is 4. The molecule has 5 nitrogen and oxygen atoms in total. The molecule has 0 saturated carbocycles. The van der Waals surface area contributed by atoms with Crippen molar-refractivity contribution in [2.24, 2.45) is 0 Å². The van der Waals surface area contributed by atoms with Crippen molar-refractivity contribution in [3.8, 4) is 0 Å². The molecule has 0 radical (unpaired) electrons. The molecule has 3 rings (SSSR count). The number of carbonyl (C=O) groups is 1. The zero-order chi connectivity index (χ0) is 15.5. The van der Waals surface area contributed by atoms with Crippen molar-refractivity contribution in [2.45, 2.75) is 19.3 Å². The lowest BCUT2D eigenvalue weighted by molar-refractivity contribution is -0.120. The maximum absolute atomic E-state index is 11.3. The molecule has 2 aromatic carbocycles. The molecule has 1 atom stereocenters. The number of nitrogens with one attached hydrogen (secondary N) is 1. The van der Waals surface area contributed by atoms with Gasteiger partial charge in [-0.15, -0.1) is 0 Å². The van der Waals surface area contributed by atoms with E-state index in [0.717, 1.165) is 5.56 Å². The third-order valence-electron chi connectivity index (χ3n) is 3.73. The fourth-order valence-corrected chi connectivity index (χ4v) is 2.37. The Morgan fingerprint density at radius 2 is 2.00 bits per heavy atom. The molecule has 1 N–H and O–H groups in total. The van der Waals surface area contributed by atoms with Crippen molar-refractivity contribution >= 4 is 16.7 Å². The van der Waals surface area contributed by atoms with Crippen molar-refractivity contribution < 1.29 is 9.32 Å². The first-order chi connectivity index (χ1) is 10.7. The highest BCUT2D eigenvalue weighted by atomic mass is 16.5. The summed E-state index contributed by atoms with van der Waals surface area (Å²) in [5.74, 6) is 0.775. The molecule has 0 aliphatic heterocycles. The number of nitrogens with zero attached hydrogens (tertiary/aromatic N) is 2. The molecule has 5 heteroatoms. The van der Waals surface area contributed by atoms with Crippen LogP contribution in [0.3, 0.4) is 0 Å². The van der Waals surface area contributed by atoms with E-state index in [0.29, 0.717) is 11.7 Å². The predicted octanol–water partition coefficient (Wildman–Crippen LogP) is 2.66. The van der Waals surface area contributed by atoms with Gasteiger partial charge in [-0.2, -0.15) is 4.98 Å². The topological polar surface area (TPSA) is 68.0 Å². The number of amides is 1. The smallest absolute Gasteiger partial charge is 0.233 e. The summed E-state index contributed by atoms with van der Waals surface area (Å²) in [5, 5.41) is 8.79. The Labute approximate surface area is 128 Å². The van der Waals surface area contributed by atoms with Crippen molar-refractivity contribution in [2.75, 3.05) is 7.05 Å². The molecular formula is C17H17N3O2. The van der Waals surface area contributed by atoms with Gasteiger partial charge in [0, 0.05) is 7.05 Å². The quantitative estimate of drug-likeness (QED) is 0.803. The minimum absolute atomic E-state index is 0.0180. The first-order valence-electron chi connectivity index (χ1n) is 7.19. The van der Waals surface area contributed by atoms with Crippen molar-refractivity contribution in [1.29, 1.82) is 0 Å². The van der Waals surface area contributed by atoms with E-state index in [9.17, 15) is 4.79 Å². The number of fused-ring (bicyclic) bond motifs is 1. The van der Waals surface area contributed by atoms with E-state index in [-0.39, 0.29) is 18.2 Å². The molecule has 0 saturated heterocycles. The van der Waals surface area contributed by atoms with E-state index < -0.39 is 0 Å². The van der Waals surface area contributed by atoms with E-state index in [4.69, 9.17) is 4.52 Å². The van der Waals surface area contributed by atoms with Gasteiger partial charge in [-0.25, -0.2) is 0 Å². The lowest BCUT2D eigenvalue weighted by atomic mass is 9.98. The van der Waals surface area contributed by atoms with Crippen LogP contribution in [0.5, 0.6) is 0 Å². The third-order valence-corrected chi connectivity index (χ3v) is 3.73. The molecule has 1 aromatic heterocycles. The number of rotatable bonds is 4. The largest absolute Gasteiger partial charge is 0.359 e. The Morgan fingerprint density at radius 1 is 1.23 bits per heavy atom. The van der Waals surface area contributed by atoms with Crippen LogP contribution < -0.4 is 5.32 Å². The summed E-state index contributed by atoms with van der Waals surface area (Å²) >= 11 is 0. The van der Waals surface area contributed by atoms with Gasteiger partial charge in [0.05, 0.1) is 12.3 Å². The lowest BCUT2D eigenvalue weighted by Gasteiger charge is -2.08. The fourth-order valence-electron chi connectivity index (χ4n) is 2.37. The Morgan fingerprint density at radius 3 is 2.77 bits per heavy atom. The summed E-state index contributed by atoms with van der Waals surface area (Å²) in [4.78, 5) is 15.7. The Hall–Kier alpha value is -2.69. The van der Waals surface area contributed by atoms with E-state index >= 15 is 0 Å². The van der Waals surface area contributed by atoms with Crippen molar-refractivity contribution in [3.05, 3.63) is 59.7 Å². The zero-order valence-electron chi connectivity index (χ0n) is 12.5. The molecule has 1 amide bonds. The second kappa shape index (κ2) is 5.97. The van der Waals surface area contributed by atoms with Gasteiger partial charge in [0.25, 0.3) is 0 Å². The van der Waals surface area contributed by atoms with Crippen molar-refractivity contribution in [1.82, 2.24) is 15.5 Å². The SMILES string of the molecule is CNC(=O)Cc1noc([C@@H](C)c2ccc3ccccc3c2)n1. The molecular weight excluding hydrogens is 278 g/mol. The number of carbonyl (C=O) groups excluding carboxylic acids is 1. The monoisotopic (exact) mass is 295 g/mol. The average Bonchev–Trinajstić information content (AvgIpc) is 3.02. The Kier molecular flexibility index (Phi) is 3.87. The van der Waals surface area contributed by atoms with Crippen LogP contribution in [0.1, 0.15) is 30.1 Å². The minimum atomic E-state index is -0.134. The van der Waals surface area contributed by atoms with Crippen LogP contribution in [-0.2, 0) is 11.2 Å². The van der Waals surface area contributed by atoms with Crippen LogP contribution in [0.25, 0.3) is 10.8 Å². The standard InChI is InChI=1S/C17H17N3O2/c1-11(17-19-15(20-22-17)10-16(21)18-2)13-8-7-12-5-3-4-6-14(12)9-13/h3-9,11H,10H2,1-2H3,(H,18,21)/t11-/m0/s1. The van der Waals surface area contributed by atoms with Crippen LogP contribution in [0.15, 0.2) is 47.0 Å². The number of aromatic nitrogens is 2. The van der Waals surface area contributed by atoms with Crippen LogP contribution >= 0.6 is 0 Å². The molecule has 0 fully saturated rings. The van der Waals surface area contributed by atoms with E-state index in [1.807, 2.05) is 19.1 Å². The molecule has 112 valence electrons. The number of benzene rings is 2. The predicted molar refractivity (Wildman–Crippen MR) is 83.5 cm³/mol. The van der Waals surface area contributed by atoms with Crippen LogP contribution in [0, 0.1) is 0 Å². The Balaban J connectivity index is 1.85. The third kappa shape index (κ3) is 2.83. The molecule has 0 aliphatic rings. The summed E-state index contributed by atoms with van der Waals surface area (Å²) in [6, 6.07) is 14.5. The average molecular weight is 295 g/mol. The van der Waals surface area contributed by atoms with Gasteiger partial charge in [-0.05, 0) is 23.3 Å². The van der Waals surface area contributed by atoms with Crippen LogP contribution in [0.4, 0.5) is 0 Å². The second-order valence-electron chi connectivity index (χ2n) is 5.23. The summed E-state index contributed by atoms with van der Waals surface area (Å²) in [5.41, 5.74) is 1.11. The fraction of sp³-hybridized carbons (Fsp3) is 0.235. The molecule has 0 unspecified atom stereocenters. The minimum Gasteiger partial charge on any atom is -0.359 e. The van der Waals surface area contributed by atoms with Gasteiger partial charge in [-0.3, -0.25) is 4.79 Å². The summed E-state index contributed by atoms with van der Waals surface area (Å²) in [6.07, 6.45) is 0.129. The van der Waals surface area contributed by atoms with Gasteiger partial charge in [0.15, 0.2) is 5.82 Å². The van der Waals surface area contributed by atoms with Crippen LogP contribution in [-0.4, -0.2) is 23.1 Å². The molecule has 0 aliphatic carbocycles. The molecule has 3 aromatic rings. The number of likely N-dealkylation sites (N-methyl/N-ethyl adjacent to an activating group) is 1. The molecule has 22 heavy (non-hydrogen) atoms. The summed E-state index contributed by atoms with van der Waals surface area (Å²) in [7, 11) is 1.58. The maximum Gasteiger partial charge on any atom is 0.233 e. The first kappa shape index (κ1) is 14.3.